The number of rotatable bonds is 13. The highest BCUT2D eigenvalue weighted by atomic mass is 16.5. The van der Waals surface area contributed by atoms with E-state index in [1.807, 2.05) is 18.5 Å². The fourth-order valence-corrected chi connectivity index (χ4v) is 13.0. The van der Waals surface area contributed by atoms with Crippen LogP contribution in [0, 0.1) is 57.7 Å². The lowest BCUT2D eigenvalue weighted by Crippen LogP contribution is -2.65. The zero-order chi connectivity index (χ0) is 33.8. The molecule has 7 nitrogen and oxygen atoms in total. The number of allylic oxidation sites excluding steroid dienone is 1. The molecule has 6 aliphatic rings. The van der Waals surface area contributed by atoms with E-state index in [9.17, 15) is 14.7 Å². The monoisotopic (exact) mass is 659 g/mol. The highest BCUT2D eigenvalue weighted by Gasteiger charge is 2.86. The van der Waals surface area contributed by atoms with Crippen molar-refractivity contribution in [2.45, 2.75) is 110 Å². The molecule has 4 saturated carbocycles. The van der Waals surface area contributed by atoms with Crippen LogP contribution in [0.2, 0.25) is 0 Å². The summed E-state index contributed by atoms with van der Waals surface area (Å²) < 4.78 is 7.56. The first-order valence-electron chi connectivity index (χ1n) is 19.4. The van der Waals surface area contributed by atoms with Crippen molar-refractivity contribution < 1.29 is 19.4 Å². The largest absolute Gasteiger partial charge is 0.481 e. The molecule has 264 valence electrons. The Bertz CT molecular complexity index is 1360. The summed E-state index contributed by atoms with van der Waals surface area (Å²) in [7, 11) is 4.28. The molecule has 5 aliphatic carbocycles. The number of carboxylic acids is 1. The summed E-state index contributed by atoms with van der Waals surface area (Å²) in [5.74, 6) is 1.48. The number of aromatic nitrogens is 1. The molecule has 7 unspecified atom stereocenters. The summed E-state index contributed by atoms with van der Waals surface area (Å²) in [4.78, 5) is 37.2. The van der Waals surface area contributed by atoms with E-state index >= 15 is 0 Å². The van der Waals surface area contributed by atoms with Crippen LogP contribution in [0.15, 0.2) is 36.2 Å². The van der Waals surface area contributed by atoms with Gasteiger partial charge in [0.2, 0.25) is 0 Å². The van der Waals surface area contributed by atoms with E-state index in [2.05, 4.69) is 61.8 Å². The molecule has 0 radical (unpaired) electrons. The van der Waals surface area contributed by atoms with Gasteiger partial charge in [-0.2, -0.15) is 0 Å². The molecule has 1 N–H and O–H groups in total. The summed E-state index contributed by atoms with van der Waals surface area (Å²) in [5, 5.41) is 11.7. The van der Waals surface area contributed by atoms with Crippen LogP contribution in [-0.2, 0) is 20.9 Å². The van der Waals surface area contributed by atoms with Gasteiger partial charge in [0.1, 0.15) is 11.7 Å². The quantitative estimate of drug-likeness (QED) is 0.179. The molecule has 2 heterocycles. The Morgan fingerprint density at radius 2 is 1.90 bits per heavy atom. The van der Waals surface area contributed by atoms with Gasteiger partial charge in [0.25, 0.3) is 0 Å². The van der Waals surface area contributed by atoms with Crippen LogP contribution < -0.4 is 0 Å². The molecule has 1 aromatic rings. The molecule has 0 amide bonds. The molecular weight excluding hydrogens is 598 g/mol. The summed E-state index contributed by atoms with van der Waals surface area (Å²) in [5.41, 5.74) is -0.340. The van der Waals surface area contributed by atoms with Crippen LogP contribution in [0.5, 0.6) is 0 Å². The van der Waals surface area contributed by atoms with Gasteiger partial charge in [-0.3, -0.25) is 14.7 Å². The van der Waals surface area contributed by atoms with E-state index in [0.29, 0.717) is 30.1 Å². The summed E-state index contributed by atoms with van der Waals surface area (Å²) >= 11 is 0. The normalized spacial score (nSPS) is 40.6. The minimum absolute atomic E-state index is 0.0567. The van der Waals surface area contributed by atoms with Crippen molar-refractivity contribution in [3.05, 3.63) is 41.7 Å². The molecule has 7 rings (SSSR count). The number of hydrogen-bond donors (Lipinski definition) is 1. The van der Waals surface area contributed by atoms with E-state index < -0.39 is 22.2 Å². The Morgan fingerprint density at radius 1 is 1.10 bits per heavy atom. The number of carbonyl (C=O) groups excluding carboxylic acids is 1. The average Bonchev–Trinajstić information content (AvgIpc) is 3.79. The van der Waals surface area contributed by atoms with Gasteiger partial charge in [0, 0.05) is 30.9 Å². The fraction of sp³-hybridized carbons (Fsp3) is 0.780. The predicted octanol–water partition coefficient (Wildman–Crippen LogP) is 7.11. The molecule has 48 heavy (non-hydrogen) atoms. The van der Waals surface area contributed by atoms with Crippen LogP contribution >= 0.6 is 0 Å². The number of fused-ring (bicyclic) bond motifs is 2. The van der Waals surface area contributed by atoms with Crippen LogP contribution in [-0.4, -0.2) is 78.1 Å². The fourth-order valence-electron chi connectivity index (χ4n) is 13.0. The average molecular weight is 660 g/mol. The first-order chi connectivity index (χ1) is 23.1. The van der Waals surface area contributed by atoms with Crippen molar-refractivity contribution in [3.8, 4) is 0 Å². The minimum atomic E-state index is -1.18. The van der Waals surface area contributed by atoms with Crippen LogP contribution in [0.25, 0.3) is 0 Å². The van der Waals surface area contributed by atoms with E-state index in [1.54, 1.807) is 0 Å². The molecule has 1 saturated heterocycles. The molecule has 1 aromatic heterocycles. The number of hydrogen-bond acceptors (Lipinski definition) is 6. The van der Waals surface area contributed by atoms with Crippen molar-refractivity contribution in [1.82, 2.24) is 14.8 Å². The Labute approximate surface area is 289 Å². The van der Waals surface area contributed by atoms with Gasteiger partial charge in [-0.25, -0.2) is 0 Å². The van der Waals surface area contributed by atoms with Gasteiger partial charge in [0.05, 0.1) is 17.6 Å². The lowest BCUT2D eigenvalue weighted by atomic mass is 9.41. The second-order valence-corrected chi connectivity index (χ2v) is 17.6. The molecule has 0 aromatic carbocycles. The van der Waals surface area contributed by atoms with Gasteiger partial charge in [-0.05, 0) is 112 Å². The van der Waals surface area contributed by atoms with Gasteiger partial charge in [0.15, 0.2) is 0 Å². The summed E-state index contributed by atoms with van der Waals surface area (Å²) in [6.45, 7) is 10.4. The van der Waals surface area contributed by atoms with Crippen molar-refractivity contribution in [2.75, 3.05) is 33.7 Å². The molecule has 0 spiro atoms. The molecule has 4 bridgehead atoms. The molecule has 5 fully saturated rings. The van der Waals surface area contributed by atoms with Crippen molar-refractivity contribution in [2.24, 2.45) is 57.7 Å². The van der Waals surface area contributed by atoms with Crippen molar-refractivity contribution in [3.63, 3.8) is 0 Å². The van der Waals surface area contributed by atoms with E-state index in [0.717, 1.165) is 63.9 Å². The molecule has 10 atom stereocenters. The molecule has 7 heteroatoms. The number of nitrogens with zero attached hydrogens (tertiary/aromatic N) is 3. The zero-order valence-electron chi connectivity index (χ0n) is 30.3. The maximum atomic E-state index is 14.3. The Kier molecular flexibility index (Phi) is 9.47. The van der Waals surface area contributed by atoms with E-state index in [1.165, 1.54) is 44.0 Å². The number of aliphatic carboxylic acids is 1. The van der Waals surface area contributed by atoms with Crippen molar-refractivity contribution in [1.29, 1.82) is 0 Å². The van der Waals surface area contributed by atoms with E-state index in [4.69, 9.17) is 4.74 Å². The maximum absolute atomic E-state index is 14.3. The third-order valence-corrected chi connectivity index (χ3v) is 14.8. The van der Waals surface area contributed by atoms with Gasteiger partial charge < -0.3 is 19.5 Å². The first kappa shape index (κ1) is 34.4. The van der Waals surface area contributed by atoms with Crippen molar-refractivity contribution >= 4 is 12.3 Å². The molecule has 1 aliphatic heterocycles. The van der Waals surface area contributed by atoms with Crippen LogP contribution in [0.4, 0.5) is 0 Å². The first-order valence-corrected chi connectivity index (χ1v) is 19.4. The number of carboxylic acid groups (broad SMARTS) is 1. The lowest BCUT2D eigenvalue weighted by molar-refractivity contribution is -0.197. The second kappa shape index (κ2) is 13.2. The third kappa shape index (κ3) is 5.10. The zero-order valence-corrected chi connectivity index (χ0v) is 30.3. The Hall–Kier alpha value is -2.09. The van der Waals surface area contributed by atoms with Crippen LogP contribution in [0.1, 0.15) is 97.0 Å². The number of carbonyl (C=O) groups is 2. The van der Waals surface area contributed by atoms with Crippen LogP contribution in [0.3, 0.4) is 0 Å². The number of aldehydes is 1. The Balaban J connectivity index is 1.28. The SMILES string of the molecule is CC(C)C1=CC2CC3(C=O)[C@@H]4CC[C@@H](C)[C@H]4CC2(C2CC(C4CCCCC4)C(CN(CCCN(C)C)Cc4cccnc4)O2)C13C(=O)O. The second-order valence-electron chi connectivity index (χ2n) is 17.6. The standard InChI is InChI=1S/C41H61N3O4/c1-27(2)35-19-31-21-39(26-45)34-15-14-28(3)33(34)22-40(31,41(35,39)38(46)47)37-20-32(30-12-7-6-8-13-30)36(48-37)25-44(18-10-17-43(4)5)24-29-11-9-16-42-23-29/h9,11,16,19,23,26-28,30-34,36-37H,6-8,10,12-15,17-18,20-22,24-25H2,1-5H3,(H,46,47)/t28-,31?,32?,33-,34-,36?,37?,39?,40?,41?/m1/s1. The van der Waals surface area contributed by atoms with E-state index in [-0.39, 0.29) is 30.0 Å². The number of ether oxygens (including phenoxy) is 1. The smallest absolute Gasteiger partial charge is 0.315 e. The topological polar surface area (TPSA) is 83.0 Å². The highest BCUT2D eigenvalue weighted by Crippen LogP contribution is 2.84. The lowest BCUT2D eigenvalue weighted by Gasteiger charge is -2.60. The highest BCUT2D eigenvalue weighted by molar-refractivity contribution is 5.90. The number of pyridine rings is 1. The van der Waals surface area contributed by atoms with Gasteiger partial charge >= 0.3 is 5.97 Å². The van der Waals surface area contributed by atoms with Gasteiger partial charge in [-0.15, -0.1) is 0 Å². The third-order valence-electron chi connectivity index (χ3n) is 14.8. The van der Waals surface area contributed by atoms with Gasteiger partial charge in [-0.1, -0.05) is 77.0 Å². The predicted molar refractivity (Wildman–Crippen MR) is 188 cm³/mol. The minimum Gasteiger partial charge on any atom is -0.481 e. The maximum Gasteiger partial charge on any atom is 0.315 e. The Morgan fingerprint density at radius 3 is 2.56 bits per heavy atom. The summed E-state index contributed by atoms with van der Waals surface area (Å²) in [6, 6.07) is 4.20. The summed E-state index contributed by atoms with van der Waals surface area (Å²) in [6.07, 6.45) is 19.3. The molecular formula is C41H61N3O4.